The molecule has 21 heavy (non-hydrogen) atoms. The molecule has 114 valence electrons. The Morgan fingerprint density at radius 2 is 2.05 bits per heavy atom. The van der Waals surface area contributed by atoms with E-state index >= 15 is 0 Å². The van der Waals surface area contributed by atoms with E-state index in [0.717, 1.165) is 6.42 Å². The Morgan fingerprint density at radius 1 is 1.38 bits per heavy atom. The maximum absolute atomic E-state index is 12.9. The highest BCUT2D eigenvalue weighted by Crippen LogP contribution is 2.25. The van der Waals surface area contributed by atoms with Gasteiger partial charge in [0.2, 0.25) is 11.8 Å². The lowest BCUT2D eigenvalue weighted by Crippen LogP contribution is -2.37. The lowest BCUT2D eigenvalue weighted by molar-refractivity contribution is -0.132. The number of nitrogens with zero attached hydrogens (tertiary/aromatic N) is 1. The van der Waals surface area contributed by atoms with Crippen molar-refractivity contribution in [1.29, 1.82) is 0 Å². The Bertz CT molecular complexity index is 514. The second kappa shape index (κ2) is 6.70. The molecule has 1 atom stereocenters. The topological polar surface area (TPSA) is 49.4 Å². The van der Waals surface area contributed by atoms with Crippen molar-refractivity contribution in [3.63, 3.8) is 0 Å². The number of anilines is 1. The molecule has 1 fully saturated rings. The quantitative estimate of drug-likeness (QED) is 0.847. The van der Waals surface area contributed by atoms with Gasteiger partial charge < -0.3 is 10.2 Å². The van der Waals surface area contributed by atoms with E-state index in [1.165, 1.54) is 12.1 Å². The number of carbonyl (C=O) groups is 2. The third-order valence-corrected chi connectivity index (χ3v) is 3.68. The van der Waals surface area contributed by atoms with E-state index in [4.69, 9.17) is 0 Å². The molecular formula is C16H21FN2O2. The monoisotopic (exact) mass is 292 g/mol. The van der Waals surface area contributed by atoms with Crippen LogP contribution in [0.15, 0.2) is 24.3 Å². The van der Waals surface area contributed by atoms with Crippen LogP contribution < -0.4 is 10.2 Å². The summed E-state index contributed by atoms with van der Waals surface area (Å²) in [6, 6.07) is 5.76. The number of rotatable bonds is 5. The summed E-state index contributed by atoms with van der Waals surface area (Å²) >= 11 is 0. The van der Waals surface area contributed by atoms with Crippen LogP contribution in [-0.2, 0) is 9.59 Å². The van der Waals surface area contributed by atoms with Crippen LogP contribution in [0.3, 0.4) is 0 Å². The van der Waals surface area contributed by atoms with Crippen LogP contribution >= 0.6 is 0 Å². The van der Waals surface area contributed by atoms with Crippen molar-refractivity contribution in [2.75, 3.05) is 18.0 Å². The number of benzene rings is 1. The fourth-order valence-electron chi connectivity index (χ4n) is 2.41. The highest BCUT2D eigenvalue weighted by molar-refractivity contribution is 6.09. The van der Waals surface area contributed by atoms with Gasteiger partial charge >= 0.3 is 0 Å². The molecule has 1 saturated heterocycles. The molecule has 1 aliphatic heterocycles. The molecule has 2 rings (SSSR count). The minimum Gasteiger partial charge on any atom is -0.355 e. The molecular weight excluding hydrogens is 271 g/mol. The highest BCUT2D eigenvalue weighted by atomic mass is 19.1. The summed E-state index contributed by atoms with van der Waals surface area (Å²) in [5, 5.41) is 2.82. The maximum atomic E-state index is 12.9. The molecule has 0 saturated carbocycles. The molecule has 2 amide bonds. The van der Waals surface area contributed by atoms with E-state index in [2.05, 4.69) is 19.2 Å². The molecule has 0 bridgehead atoms. The summed E-state index contributed by atoms with van der Waals surface area (Å²) in [7, 11) is 0. The minimum absolute atomic E-state index is 0.203. The van der Waals surface area contributed by atoms with E-state index < -0.39 is 5.92 Å². The van der Waals surface area contributed by atoms with E-state index in [1.54, 1.807) is 17.0 Å². The number of hydrogen-bond donors (Lipinski definition) is 1. The average Bonchev–Trinajstić information content (AvgIpc) is 2.81. The van der Waals surface area contributed by atoms with Gasteiger partial charge in [0.05, 0.1) is 0 Å². The lowest BCUT2D eigenvalue weighted by Gasteiger charge is -2.16. The third kappa shape index (κ3) is 3.80. The zero-order valence-electron chi connectivity index (χ0n) is 12.4. The fraction of sp³-hybridized carbons (Fsp3) is 0.500. The van der Waals surface area contributed by atoms with Crippen molar-refractivity contribution in [3.8, 4) is 0 Å². The molecule has 1 aliphatic rings. The van der Waals surface area contributed by atoms with Crippen LogP contribution in [0.25, 0.3) is 0 Å². The normalized spacial score (nSPS) is 18.4. The molecule has 1 N–H and O–H groups in total. The summed E-state index contributed by atoms with van der Waals surface area (Å²) in [6.45, 7) is 5.26. The minimum atomic E-state index is -0.623. The van der Waals surface area contributed by atoms with Crippen molar-refractivity contribution in [2.45, 2.75) is 26.7 Å². The van der Waals surface area contributed by atoms with Gasteiger partial charge in [0.25, 0.3) is 0 Å². The first-order valence-corrected chi connectivity index (χ1v) is 7.33. The van der Waals surface area contributed by atoms with Gasteiger partial charge in [-0.15, -0.1) is 0 Å². The Hall–Kier alpha value is -1.91. The lowest BCUT2D eigenvalue weighted by atomic mass is 10.1. The van der Waals surface area contributed by atoms with E-state index in [-0.39, 0.29) is 17.6 Å². The number of halogens is 1. The van der Waals surface area contributed by atoms with Crippen LogP contribution in [0.1, 0.15) is 26.7 Å². The predicted octanol–water partition coefficient (Wildman–Crippen LogP) is 2.34. The third-order valence-electron chi connectivity index (χ3n) is 3.68. The van der Waals surface area contributed by atoms with Crippen molar-refractivity contribution in [1.82, 2.24) is 5.32 Å². The van der Waals surface area contributed by atoms with Gasteiger partial charge in [-0.3, -0.25) is 9.59 Å². The van der Waals surface area contributed by atoms with Gasteiger partial charge in [-0.2, -0.15) is 0 Å². The molecule has 1 heterocycles. The second-order valence-electron chi connectivity index (χ2n) is 5.78. The Balaban J connectivity index is 1.94. The number of hydrogen-bond acceptors (Lipinski definition) is 2. The van der Waals surface area contributed by atoms with Crippen molar-refractivity contribution < 1.29 is 14.0 Å². The molecule has 0 radical (unpaired) electrons. The molecule has 4 nitrogen and oxygen atoms in total. The van der Waals surface area contributed by atoms with Crippen LogP contribution in [0, 0.1) is 17.7 Å². The second-order valence-corrected chi connectivity index (χ2v) is 5.78. The summed E-state index contributed by atoms with van der Waals surface area (Å²) in [4.78, 5) is 25.9. The summed E-state index contributed by atoms with van der Waals surface area (Å²) in [6.07, 6.45) is 1.40. The first-order valence-electron chi connectivity index (χ1n) is 7.33. The molecule has 0 unspecified atom stereocenters. The number of amides is 2. The van der Waals surface area contributed by atoms with Gasteiger partial charge in [0, 0.05) is 18.8 Å². The first kappa shape index (κ1) is 15.5. The molecule has 5 heteroatoms. The summed E-state index contributed by atoms with van der Waals surface area (Å²) in [5.41, 5.74) is 0.638. The Kier molecular flexibility index (Phi) is 4.94. The maximum Gasteiger partial charge on any atom is 0.239 e. The van der Waals surface area contributed by atoms with Crippen LogP contribution in [0.5, 0.6) is 0 Å². The van der Waals surface area contributed by atoms with Gasteiger partial charge in [0.1, 0.15) is 11.7 Å². The standard InChI is InChI=1S/C16H21FN2O2/c1-11(2)7-9-18-15(20)14-8-10-19(16(14)21)13-5-3-12(17)4-6-13/h3-6,11,14H,7-10H2,1-2H3,(H,18,20)/t14-/m1/s1. The van der Waals surface area contributed by atoms with Gasteiger partial charge in [-0.1, -0.05) is 13.8 Å². The van der Waals surface area contributed by atoms with Crippen molar-refractivity contribution in [2.24, 2.45) is 11.8 Å². The smallest absolute Gasteiger partial charge is 0.239 e. The first-order chi connectivity index (χ1) is 9.99. The largest absolute Gasteiger partial charge is 0.355 e. The van der Waals surface area contributed by atoms with Crippen LogP contribution in [-0.4, -0.2) is 24.9 Å². The SMILES string of the molecule is CC(C)CCNC(=O)[C@H]1CCN(c2ccc(F)cc2)C1=O. The zero-order chi connectivity index (χ0) is 15.4. The zero-order valence-corrected chi connectivity index (χ0v) is 12.4. The van der Waals surface area contributed by atoms with Crippen LogP contribution in [0.4, 0.5) is 10.1 Å². The van der Waals surface area contributed by atoms with Crippen molar-refractivity contribution >= 4 is 17.5 Å². The molecule has 1 aromatic carbocycles. The van der Waals surface area contributed by atoms with E-state index in [0.29, 0.717) is 31.1 Å². The summed E-state index contributed by atoms with van der Waals surface area (Å²) in [5.74, 6) is -0.857. The number of nitrogens with one attached hydrogen (secondary N) is 1. The average molecular weight is 292 g/mol. The van der Waals surface area contributed by atoms with Gasteiger partial charge in [-0.05, 0) is 43.0 Å². The van der Waals surface area contributed by atoms with Gasteiger partial charge in [0.15, 0.2) is 0 Å². The molecule has 0 aliphatic carbocycles. The van der Waals surface area contributed by atoms with E-state index in [1.807, 2.05) is 0 Å². The molecule has 0 aromatic heterocycles. The van der Waals surface area contributed by atoms with Crippen LogP contribution in [0.2, 0.25) is 0 Å². The molecule has 1 aromatic rings. The van der Waals surface area contributed by atoms with Gasteiger partial charge in [-0.25, -0.2) is 4.39 Å². The summed E-state index contributed by atoms with van der Waals surface area (Å²) < 4.78 is 12.9. The predicted molar refractivity (Wildman–Crippen MR) is 79.3 cm³/mol. The Morgan fingerprint density at radius 3 is 2.67 bits per heavy atom. The number of carbonyl (C=O) groups excluding carboxylic acids is 2. The molecule has 0 spiro atoms. The fourth-order valence-corrected chi connectivity index (χ4v) is 2.41. The highest BCUT2D eigenvalue weighted by Gasteiger charge is 2.37. The Labute approximate surface area is 124 Å². The van der Waals surface area contributed by atoms with Crippen molar-refractivity contribution in [3.05, 3.63) is 30.1 Å². The van der Waals surface area contributed by atoms with E-state index in [9.17, 15) is 14.0 Å².